The molecule has 1 aliphatic carbocycles. The van der Waals surface area contributed by atoms with Crippen LogP contribution in [-0.4, -0.2) is 18.1 Å². The zero-order valence-corrected chi connectivity index (χ0v) is 12.3. The van der Waals surface area contributed by atoms with Crippen LogP contribution in [0.2, 0.25) is 0 Å². The van der Waals surface area contributed by atoms with E-state index in [1.807, 2.05) is 6.07 Å². The molecule has 0 unspecified atom stereocenters. The number of benzene rings is 1. The van der Waals surface area contributed by atoms with Gasteiger partial charge in [0.15, 0.2) is 5.13 Å². The SMILES string of the molecule is COc1cc(C)c2nc(NC3CCCCC3)sc2c1. The molecular formula is C15H20N2OS. The number of nitrogens with one attached hydrogen (secondary N) is 1. The molecule has 1 aromatic heterocycles. The summed E-state index contributed by atoms with van der Waals surface area (Å²) in [6, 6.07) is 4.73. The zero-order chi connectivity index (χ0) is 13.2. The molecule has 19 heavy (non-hydrogen) atoms. The van der Waals surface area contributed by atoms with Crippen LogP contribution in [0.15, 0.2) is 12.1 Å². The molecule has 0 bridgehead atoms. The van der Waals surface area contributed by atoms with Crippen molar-refractivity contribution in [3.8, 4) is 5.75 Å². The fourth-order valence-corrected chi connectivity index (χ4v) is 3.82. The van der Waals surface area contributed by atoms with E-state index in [2.05, 4.69) is 18.3 Å². The topological polar surface area (TPSA) is 34.1 Å². The van der Waals surface area contributed by atoms with Gasteiger partial charge in [0.25, 0.3) is 0 Å². The van der Waals surface area contributed by atoms with Crippen LogP contribution >= 0.6 is 11.3 Å². The second-order valence-corrected chi connectivity index (χ2v) is 6.32. The van der Waals surface area contributed by atoms with Gasteiger partial charge in [0.05, 0.1) is 17.3 Å². The summed E-state index contributed by atoms with van der Waals surface area (Å²) in [5, 5.41) is 4.66. The molecule has 3 rings (SSSR count). The van der Waals surface area contributed by atoms with Crippen LogP contribution in [0.3, 0.4) is 0 Å². The Labute approximate surface area is 118 Å². The molecule has 1 saturated carbocycles. The number of thiazole rings is 1. The lowest BCUT2D eigenvalue weighted by Crippen LogP contribution is -2.21. The third kappa shape index (κ3) is 2.68. The number of anilines is 1. The number of fused-ring (bicyclic) bond motifs is 1. The summed E-state index contributed by atoms with van der Waals surface area (Å²) < 4.78 is 6.52. The Kier molecular flexibility index (Phi) is 3.60. The lowest BCUT2D eigenvalue weighted by Gasteiger charge is -2.22. The Bertz CT molecular complexity index is 573. The molecule has 0 amide bonds. The number of hydrogen-bond donors (Lipinski definition) is 1. The predicted molar refractivity (Wildman–Crippen MR) is 81.4 cm³/mol. The van der Waals surface area contributed by atoms with E-state index in [-0.39, 0.29) is 0 Å². The van der Waals surface area contributed by atoms with Crippen molar-refractivity contribution < 1.29 is 4.74 Å². The van der Waals surface area contributed by atoms with Crippen LogP contribution in [0.5, 0.6) is 5.75 Å². The van der Waals surface area contributed by atoms with Crippen LogP contribution < -0.4 is 10.1 Å². The van der Waals surface area contributed by atoms with Crippen LogP contribution in [0.4, 0.5) is 5.13 Å². The molecule has 0 atom stereocenters. The summed E-state index contributed by atoms with van der Waals surface area (Å²) in [7, 11) is 1.71. The second-order valence-electron chi connectivity index (χ2n) is 5.29. The minimum absolute atomic E-state index is 0.608. The number of hydrogen-bond acceptors (Lipinski definition) is 4. The smallest absolute Gasteiger partial charge is 0.184 e. The molecule has 1 heterocycles. The van der Waals surface area contributed by atoms with Gasteiger partial charge >= 0.3 is 0 Å². The third-order valence-electron chi connectivity index (χ3n) is 3.83. The molecule has 0 spiro atoms. The van der Waals surface area contributed by atoms with Gasteiger partial charge in [-0.3, -0.25) is 0 Å². The standard InChI is InChI=1S/C15H20N2OS/c1-10-8-12(18-2)9-13-14(10)17-15(19-13)16-11-6-4-3-5-7-11/h8-9,11H,3-7H2,1-2H3,(H,16,17). The molecule has 1 fully saturated rings. The highest BCUT2D eigenvalue weighted by Gasteiger charge is 2.15. The first-order valence-corrected chi connectivity index (χ1v) is 7.79. The summed E-state index contributed by atoms with van der Waals surface area (Å²) in [6.07, 6.45) is 6.62. The van der Waals surface area contributed by atoms with Crippen LogP contribution in [0.1, 0.15) is 37.7 Å². The second kappa shape index (κ2) is 5.37. The lowest BCUT2D eigenvalue weighted by molar-refractivity contribution is 0.415. The maximum Gasteiger partial charge on any atom is 0.184 e. The Morgan fingerprint density at radius 2 is 2.05 bits per heavy atom. The van der Waals surface area contributed by atoms with E-state index in [9.17, 15) is 0 Å². The number of methoxy groups -OCH3 is 1. The zero-order valence-electron chi connectivity index (χ0n) is 11.5. The minimum atomic E-state index is 0.608. The predicted octanol–water partition coefficient (Wildman–Crippen LogP) is 4.36. The molecular weight excluding hydrogens is 256 g/mol. The number of rotatable bonds is 3. The molecule has 0 saturated heterocycles. The van der Waals surface area contributed by atoms with Crippen molar-refractivity contribution in [2.75, 3.05) is 12.4 Å². The van der Waals surface area contributed by atoms with Gasteiger partial charge in [-0.05, 0) is 37.5 Å². The summed E-state index contributed by atoms with van der Waals surface area (Å²) >= 11 is 1.73. The molecule has 102 valence electrons. The monoisotopic (exact) mass is 276 g/mol. The normalized spacial score (nSPS) is 16.7. The summed E-state index contributed by atoms with van der Waals surface area (Å²) in [5.74, 6) is 0.915. The van der Waals surface area contributed by atoms with Crippen molar-refractivity contribution in [3.63, 3.8) is 0 Å². The number of aryl methyl sites for hydroxylation is 1. The van der Waals surface area contributed by atoms with Gasteiger partial charge in [-0.15, -0.1) is 0 Å². The van der Waals surface area contributed by atoms with Crippen LogP contribution in [0, 0.1) is 6.92 Å². The maximum absolute atomic E-state index is 5.32. The lowest BCUT2D eigenvalue weighted by atomic mass is 9.96. The Balaban J connectivity index is 1.86. The Morgan fingerprint density at radius 3 is 2.79 bits per heavy atom. The first kappa shape index (κ1) is 12.7. The van der Waals surface area contributed by atoms with E-state index in [1.54, 1.807) is 18.4 Å². The highest BCUT2D eigenvalue weighted by molar-refractivity contribution is 7.22. The Morgan fingerprint density at radius 1 is 1.26 bits per heavy atom. The third-order valence-corrected chi connectivity index (χ3v) is 4.76. The Hall–Kier alpha value is -1.29. The van der Waals surface area contributed by atoms with E-state index in [1.165, 1.54) is 42.4 Å². The highest BCUT2D eigenvalue weighted by atomic mass is 32.1. The van der Waals surface area contributed by atoms with E-state index in [0.29, 0.717) is 6.04 Å². The molecule has 2 aromatic rings. The highest BCUT2D eigenvalue weighted by Crippen LogP contribution is 2.33. The summed E-state index contributed by atoms with van der Waals surface area (Å²) in [5.41, 5.74) is 2.28. The minimum Gasteiger partial charge on any atom is -0.497 e. The van der Waals surface area contributed by atoms with Gasteiger partial charge in [-0.25, -0.2) is 4.98 Å². The molecule has 4 heteroatoms. The molecule has 1 aliphatic rings. The largest absolute Gasteiger partial charge is 0.497 e. The van der Waals surface area contributed by atoms with Gasteiger partial charge in [0.1, 0.15) is 5.75 Å². The van der Waals surface area contributed by atoms with Crippen molar-refractivity contribution >= 4 is 26.7 Å². The fraction of sp³-hybridized carbons (Fsp3) is 0.533. The average molecular weight is 276 g/mol. The molecule has 0 aliphatic heterocycles. The summed E-state index contributed by atoms with van der Waals surface area (Å²) in [6.45, 7) is 2.09. The average Bonchev–Trinajstić information content (AvgIpc) is 2.83. The molecule has 0 radical (unpaired) electrons. The van der Waals surface area contributed by atoms with Crippen molar-refractivity contribution in [1.29, 1.82) is 0 Å². The van der Waals surface area contributed by atoms with Gasteiger partial charge in [-0.2, -0.15) is 0 Å². The van der Waals surface area contributed by atoms with Gasteiger partial charge in [0.2, 0.25) is 0 Å². The van der Waals surface area contributed by atoms with E-state index in [0.717, 1.165) is 16.4 Å². The van der Waals surface area contributed by atoms with Crippen molar-refractivity contribution in [2.45, 2.75) is 45.1 Å². The van der Waals surface area contributed by atoms with Gasteiger partial charge in [-0.1, -0.05) is 30.6 Å². The van der Waals surface area contributed by atoms with Crippen molar-refractivity contribution in [3.05, 3.63) is 17.7 Å². The number of ether oxygens (including phenoxy) is 1. The molecule has 1 N–H and O–H groups in total. The maximum atomic E-state index is 5.32. The van der Waals surface area contributed by atoms with Crippen LogP contribution in [-0.2, 0) is 0 Å². The van der Waals surface area contributed by atoms with Gasteiger partial charge in [0, 0.05) is 6.04 Å². The fourth-order valence-electron chi connectivity index (χ4n) is 2.77. The van der Waals surface area contributed by atoms with E-state index in [4.69, 9.17) is 9.72 Å². The van der Waals surface area contributed by atoms with Crippen LogP contribution in [0.25, 0.3) is 10.2 Å². The quantitative estimate of drug-likeness (QED) is 0.904. The number of aromatic nitrogens is 1. The first-order chi connectivity index (χ1) is 9.26. The summed E-state index contributed by atoms with van der Waals surface area (Å²) in [4.78, 5) is 4.73. The van der Waals surface area contributed by atoms with E-state index >= 15 is 0 Å². The number of nitrogens with zero attached hydrogens (tertiary/aromatic N) is 1. The first-order valence-electron chi connectivity index (χ1n) is 6.98. The molecule has 3 nitrogen and oxygen atoms in total. The van der Waals surface area contributed by atoms with Crippen molar-refractivity contribution in [2.24, 2.45) is 0 Å². The van der Waals surface area contributed by atoms with E-state index < -0.39 is 0 Å². The van der Waals surface area contributed by atoms with Crippen molar-refractivity contribution in [1.82, 2.24) is 4.98 Å². The van der Waals surface area contributed by atoms with Gasteiger partial charge < -0.3 is 10.1 Å². The molecule has 1 aromatic carbocycles.